The molecule has 3 aromatic carbocycles. The molecule has 0 fully saturated rings. The minimum absolute atomic E-state index is 0.768. The Kier molecular flexibility index (Phi) is 4.23. The first kappa shape index (κ1) is 13.7. The van der Waals surface area contributed by atoms with Crippen molar-refractivity contribution >= 4 is 11.6 Å². The molecule has 0 heterocycles. The minimum atomic E-state index is 0.768. The topological polar surface area (TPSA) is 9.23 Å². The second kappa shape index (κ2) is 6.47. The van der Waals surface area contributed by atoms with Gasteiger partial charge in [0.2, 0.25) is 0 Å². The first-order valence-electron chi connectivity index (χ1n) is 6.86. The summed E-state index contributed by atoms with van der Waals surface area (Å²) in [6.07, 6.45) is 0.840. The van der Waals surface area contributed by atoms with E-state index < -0.39 is 0 Å². The van der Waals surface area contributed by atoms with Gasteiger partial charge in [0, 0.05) is 5.02 Å². The standard InChI is InChI=1S/C19H15ClO/c20-17-8-4-6-15(13-17)12-16-7-5-11-19(14-16)21-18-9-2-1-3-10-18/h1-11,13-14H,12H2. The Bertz CT molecular complexity index is 722. The van der Waals surface area contributed by atoms with Crippen LogP contribution in [0.15, 0.2) is 78.9 Å². The zero-order valence-electron chi connectivity index (χ0n) is 11.5. The average Bonchev–Trinajstić information content (AvgIpc) is 2.49. The Labute approximate surface area is 129 Å². The highest BCUT2D eigenvalue weighted by atomic mass is 35.5. The van der Waals surface area contributed by atoms with Gasteiger partial charge in [-0.2, -0.15) is 0 Å². The Morgan fingerprint density at radius 3 is 2.10 bits per heavy atom. The van der Waals surface area contributed by atoms with Crippen molar-refractivity contribution in [3.63, 3.8) is 0 Å². The zero-order valence-corrected chi connectivity index (χ0v) is 12.3. The fourth-order valence-corrected chi connectivity index (χ4v) is 2.44. The summed E-state index contributed by atoms with van der Waals surface area (Å²) in [5, 5.41) is 0.768. The molecule has 0 spiro atoms. The van der Waals surface area contributed by atoms with E-state index in [1.165, 1.54) is 11.1 Å². The Balaban J connectivity index is 1.77. The van der Waals surface area contributed by atoms with Crippen molar-refractivity contribution in [3.05, 3.63) is 95.0 Å². The molecular formula is C19H15ClO. The molecule has 1 nitrogen and oxygen atoms in total. The summed E-state index contributed by atoms with van der Waals surface area (Å²) in [6.45, 7) is 0. The van der Waals surface area contributed by atoms with Crippen LogP contribution in [-0.2, 0) is 6.42 Å². The van der Waals surface area contributed by atoms with Crippen molar-refractivity contribution in [1.82, 2.24) is 0 Å². The molecule has 0 aromatic heterocycles. The summed E-state index contributed by atoms with van der Waals surface area (Å²) in [7, 11) is 0. The smallest absolute Gasteiger partial charge is 0.127 e. The van der Waals surface area contributed by atoms with Gasteiger partial charge in [0.1, 0.15) is 11.5 Å². The van der Waals surface area contributed by atoms with E-state index in [4.69, 9.17) is 16.3 Å². The van der Waals surface area contributed by atoms with Crippen LogP contribution in [0.4, 0.5) is 0 Å². The van der Waals surface area contributed by atoms with Crippen LogP contribution in [0.25, 0.3) is 0 Å². The molecule has 0 unspecified atom stereocenters. The number of ether oxygens (including phenoxy) is 1. The van der Waals surface area contributed by atoms with Gasteiger partial charge in [-0.05, 0) is 53.9 Å². The molecule has 0 bridgehead atoms. The Hall–Kier alpha value is -2.25. The first-order chi connectivity index (χ1) is 10.3. The largest absolute Gasteiger partial charge is 0.457 e. The van der Waals surface area contributed by atoms with Crippen molar-refractivity contribution in [3.8, 4) is 11.5 Å². The summed E-state index contributed by atoms with van der Waals surface area (Å²) in [4.78, 5) is 0. The molecule has 0 aliphatic carbocycles. The molecule has 3 aromatic rings. The lowest BCUT2D eigenvalue weighted by atomic mass is 10.1. The van der Waals surface area contributed by atoms with Gasteiger partial charge < -0.3 is 4.74 Å². The summed E-state index contributed by atoms with van der Waals surface area (Å²) >= 11 is 6.02. The third-order valence-corrected chi connectivity index (χ3v) is 3.41. The minimum Gasteiger partial charge on any atom is -0.457 e. The van der Waals surface area contributed by atoms with Gasteiger partial charge >= 0.3 is 0 Å². The van der Waals surface area contributed by atoms with Gasteiger partial charge in [0.25, 0.3) is 0 Å². The van der Waals surface area contributed by atoms with E-state index in [-0.39, 0.29) is 0 Å². The molecule has 0 aliphatic rings. The maximum Gasteiger partial charge on any atom is 0.127 e. The normalized spacial score (nSPS) is 10.3. The molecule has 0 saturated carbocycles. The molecule has 2 heteroatoms. The van der Waals surface area contributed by atoms with Crippen LogP contribution in [0.1, 0.15) is 11.1 Å². The fraction of sp³-hybridized carbons (Fsp3) is 0.0526. The highest BCUT2D eigenvalue weighted by Gasteiger charge is 2.01. The number of rotatable bonds is 4. The molecule has 0 N–H and O–H groups in total. The van der Waals surface area contributed by atoms with Crippen LogP contribution in [0.2, 0.25) is 5.02 Å². The van der Waals surface area contributed by atoms with Crippen LogP contribution in [0.5, 0.6) is 11.5 Å². The molecule has 0 saturated heterocycles. The molecule has 3 rings (SSSR count). The number of hydrogen-bond acceptors (Lipinski definition) is 1. The molecule has 21 heavy (non-hydrogen) atoms. The number of para-hydroxylation sites is 1. The molecular weight excluding hydrogens is 280 g/mol. The second-order valence-corrected chi connectivity index (χ2v) is 5.31. The lowest BCUT2D eigenvalue weighted by Crippen LogP contribution is -1.90. The number of benzene rings is 3. The molecule has 0 atom stereocenters. The van der Waals surface area contributed by atoms with E-state index in [0.717, 1.165) is 22.9 Å². The van der Waals surface area contributed by atoms with E-state index in [9.17, 15) is 0 Å². The third kappa shape index (κ3) is 3.87. The van der Waals surface area contributed by atoms with Crippen LogP contribution < -0.4 is 4.74 Å². The van der Waals surface area contributed by atoms with Gasteiger partial charge in [-0.25, -0.2) is 0 Å². The Morgan fingerprint density at radius 1 is 0.667 bits per heavy atom. The predicted octanol–water partition coefficient (Wildman–Crippen LogP) is 5.72. The van der Waals surface area contributed by atoms with E-state index in [0.29, 0.717) is 0 Å². The van der Waals surface area contributed by atoms with Crippen molar-refractivity contribution < 1.29 is 4.74 Å². The lowest BCUT2D eigenvalue weighted by Gasteiger charge is -2.08. The second-order valence-electron chi connectivity index (χ2n) is 4.87. The van der Waals surface area contributed by atoms with Crippen molar-refractivity contribution in [1.29, 1.82) is 0 Å². The summed E-state index contributed by atoms with van der Waals surface area (Å²) < 4.78 is 5.85. The first-order valence-corrected chi connectivity index (χ1v) is 7.24. The molecule has 0 radical (unpaired) electrons. The number of hydrogen-bond donors (Lipinski definition) is 0. The van der Waals surface area contributed by atoms with Crippen LogP contribution in [0, 0.1) is 0 Å². The monoisotopic (exact) mass is 294 g/mol. The van der Waals surface area contributed by atoms with Crippen LogP contribution >= 0.6 is 11.6 Å². The quantitative estimate of drug-likeness (QED) is 0.597. The van der Waals surface area contributed by atoms with Gasteiger partial charge in [-0.3, -0.25) is 0 Å². The van der Waals surface area contributed by atoms with E-state index in [2.05, 4.69) is 18.2 Å². The third-order valence-electron chi connectivity index (χ3n) is 3.17. The van der Waals surface area contributed by atoms with Crippen molar-refractivity contribution in [2.75, 3.05) is 0 Å². The van der Waals surface area contributed by atoms with Crippen molar-refractivity contribution in [2.24, 2.45) is 0 Å². The maximum atomic E-state index is 6.02. The van der Waals surface area contributed by atoms with Gasteiger partial charge in [-0.1, -0.05) is 54.1 Å². The lowest BCUT2D eigenvalue weighted by molar-refractivity contribution is 0.482. The summed E-state index contributed by atoms with van der Waals surface area (Å²) in [5.41, 5.74) is 2.39. The van der Waals surface area contributed by atoms with Crippen LogP contribution in [0.3, 0.4) is 0 Å². The van der Waals surface area contributed by atoms with Gasteiger partial charge in [-0.15, -0.1) is 0 Å². The fourth-order valence-electron chi connectivity index (χ4n) is 2.23. The van der Waals surface area contributed by atoms with E-state index in [1.807, 2.05) is 60.7 Å². The van der Waals surface area contributed by atoms with E-state index >= 15 is 0 Å². The van der Waals surface area contributed by atoms with Gasteiger partial charge in [0.15, 0.2) is 0 Å². The highest BCUT2D eigenvalue weighted by Crippen LogP contribution is 2.23. The zero-order chi connectivity index (χ0) is 14.5. The van der Waals surface area contributed by atoms with E-state index in [1.54, 1.807) is 0 Å². The SMILES string of the molecule is Clc1cccc(Cc2cccc(Oc3ccccc3)c2)c1. The highest BCUT2D eigenvalue weighted by molar-refractivity contribution is 6.30. The number of halogens is 1. The molecule has 0 amide bonds. The Morgan fingerprint density at radius 2 is 1.33 bits per heavy atom. The van der Waals surface area contributed by atoms with Crippen LogP contribution in [-0.4, -0.2) is 0 Å². The van der Waals surface area contributed by atoms with Crippen molar-refractivity contribution in [2.45, 2.75) is 6.42 Å². The maximum absolute atomic E-state index is 6.02. The molecule has 0 aliphatic heterocycles. The molecule has 104 valence electrons. The predicted molar refractivity (Wildman–Crippen MR) is 87.2 cm³/mol. The van der Waals surface area contributed by atoms with Gasteiger partial charge in [0.05, 0.1) is 0 Å². The average molecular weight is 295 g/mol. The summed E-state index contributed by atoms with van der Waals surface area (Å²) in [6, 6.07) is 25.9. The summed E-state index contributed by atoms with van der Waals surface area (Å²) in [5.74, 6) is 1.69.